The molecule has 7 nitrogen and oxygen atoms in total. The highest BCUT2D eigenvalue weighted by Gasteiger charge is 2.53. The monoisotopic (exact) mass is 458 g/mol. The van der Waals surface area contributed by atoms with E-state index in [0.29, 0.717) is 25.9 Å². The van der Waals surface area contributed by atoms with Crippen molar-refractivity contribution in [2.45, 2.75) is 50.6 Å². The van der Waals surface area contributed by atoms with Gasteiger partial charge in [-0.1, -0.05) is 30.3 Å². The molecule has 0 bridgehead atoms. The molecule has 0 aromatic heterocycles. The average molecular weight is 458 g/mol. The molecule has 3 fully saturated rings. The van der Waals surface area contributed by atoms with Crippen LogP contribution in [-0.2, 0) is 25.7 Å². The van der Waals surface area contributed by atoms with Crippen LogP contribution in [0.15, 0.2) is 30.3 Å². The molecule has 178 valence electrons. The Bertz CT molecular complexity index is 773. The lowest BCUT2D eigenvalue weighted by atomic mass is 9.75. The van der Waals surface area contributed by atoms with Crippen molar-refractivity contribution in [2.24, 2.45) is 5.41 Å². The van der Waals surface area contributed by atoms with Gasteiger partial charge in [-0.2, -0.15) is 13.2 Å². The standard InChI is InChI=1S/C20H28N2O3.C2HF3O2/c23-19(21-17-6-7-17)20-9-12-25-18(20)8-10-22(15-20)11-13-24-14-16-4-2-1-3-5-16;3-2(4,5)1(6)7/h1-5,17-18H,6-15H2,(H,21,23);(H,6,7)/t18-,20-;/m1./s1. The van der Waals surface area contributed by atoms with E-state index in [1.807, 2.05) is 18.2 Å². The molecule has 2 N–H and O–H groups in total. The lowest BCUT2D eigenvalue weighted by Gasteiger charge is -2.42. The van der Waals surface area contributed by atoms with Crippen LogP contribution in [0.3, 0.4) is 0 Å². The van der Waals surface area contributed by atoms with Gasteiger partial charge in [0.15, 0.2) is 0 Å². The van der Waals surface area contributed by atoms with Crippen LogP contribution in [0.4, 0.5) is 13.2 Å². The highest BCUT2D eigenvalue weighted by molar-refractivity contribution is 5.84. The smallest absolute Gasteiger partial charge is 0.475 e. The summed E-state index contributed by atoms with van der Waals surface area (Å²) in [5.74, 6) is -2.54. The molecule has 10 heteroatoms. The second-order valence-corrected chi connectivity index (χ2v) is 8.42. The zero-order valence-electron chi connectivity index (χ0n) is 17.8. The molecule has 1 aromatic carbocycles. The van der Waals surface area contributed by atoms with Gasteiger partial charge in [-0.05, 0) is 31.2 Å². The first-order valence-corrected chi connectivity index (χ1v) is 10.8. The van der Waals surface area contributed by atoms with Gasteiger partial charge in [0.1, 0.15) is 0 Å². The molecule has 2 saturated heterocycles. The lowest BCUT2D eigenvalue weighted by molar-refractivity contribution is -0.192. The maximum absolute atomic E-state index is 12.9. The van der Waals surface area contributed by atoms with Crippen LogP contribution in [-0.4, -0.2) is 73.1 Å². The van der Waals surface area contributed by atoms with Crippen LogP contribution < -0.4 is 5.32 Å². The number of fused-ring (bicyclic) bond motifs is 1. The molecule has 3 aliphatic rings. The number of carbonyl (C=O) groups is 2. The fourth-order valence-electron chi connectivity index (χ4n) is 4.06. The van der Waals surface area contributed by atoms with E-state index < -0.39 is 12.1 Å². The third-order valence-corrected chi connectivity index (χ3v) is 5.97. The van der Waals surface area contributed by atoms with Gasteiger partial charge >= 0.3 is 12.1 Å². The number of rotatable bonds is 7. The molecule has 1 saturated carbocycles. The number of ether oxygens (including phenoxy) is 2. The van der Waals surface area contributed by atoms with Crippen molar-refractivity contribution in [3.05, 3.63) is 35.9 Å². The maximum atomic E-state index is 12.9. The summed E-state index contributed by atoms with van der Waals surface area (Å²) in [7, 11) is 0. The second kappa shape index (κ2) is 10.6. The number of carboxylic acid groups (broad SMARTS) is 1. The molecule has 2 heterocycles. The lowest BCUT2D eigenvalue weighted by Crippen LogP contribution is -2.57. The predicted molar refractivity (Wildman–Crippen MR) is 109 cm³/mol. The highest BCUT2D eigenvalue weighted by Crippen LogP contribution is 2.41. The summed E-state index contributed by atoms with van der Waals surface area (Å²) >= 11 is 0. The molecule has 2 atom stereocenters. The van der Waals surface area contributed by atoms with E-state index in [-0.39, 0.29) is 17.4 Å². The third-order valence-electron chi connectivity index (χ3n) is 5.97. The van der Waals surface area contributed by atoms with Gasteiger partial charge in [0.05, 0.1) is 24.7 Å². The van der Waals surface area contributed by atoms with Gasteiger partial charge in [-0.3, -0.25) is 9.69 Å². The predicted octanol–water partition coefficient (Wildman–Crippen LogP) is 2.60. The fraction of sp³-hybridized carbons (Fsp3) is 0.636. The first kappa shape index (κ1) is 24.5. The molecular weight excluding hydrogens is 429 g/mol. The fourth-order valence-corrected chi connectivity index (χ4v) is 4.06. The minimum atomic E-state index is -5.08. The molecule has 1 aliphatic carbocycles. The van der Waals surface area contributed by atoms with Crippen LogP contribution in [0.25, 0.3) is 0 Å². The van der Waals surface area contributed by atoms with Crippen molar-refractivity contribution in [2.75, 3.05) is 32.8 Å². The normalized spacial score (nSPS) is 25.4. The van der Waals surface area contributed by atoms with Crippen LogP contribution in [0, 0.1) is 5.41 Å². The molecule has 4 rings (SSSR count). The molecule has 32 heavy (non-hydrogen) atoms. The Morgan fingerprint density at radius 2 is 1.91 bits per heavy atom. The number of carbonyl (C=O) groups excluding carboxylic acids is 1. The summed E-state index contributed by atoms with van der Waals surface area (Å²) in [5.41, 5.74) is 0.853. The summed E-state index contributed by atoms with van der Waals surface area (Å²) in [4.78, 5) is 24.1. The van der Waals surface area contributed by atoms with Crippen molar-refractivity contribution < 1.29 is 37.3 Å². The molecular formula is C22H29F3N2O5. The molecule has 0 radical (unpaired) electrons. The van der Waals surface area contributed by atoms with Crippen molar-refractivity contribution in [3.8, 4) is 0 Å². The molecule has 1 aromatic rings. The number of alkyl halides is 3. The van der Waals surface area contributed by atoms with Crippen molar-refractivity contribution in [3.63, 3.8) is 0 Å². The molecule has 0 unspecified atom stereocenters. The van der Waals surface area contributed by atoms with E-state index in [2.05, 4.69) is 22.3 Å². The minimum Gasteiger partial charge on any atom is -0.475 e. The Labute approximate surface area is 184 Å². The van der Waals surface area contributed by atoms with E-state index in [1.165, 1.54) is 5.56 Å². The van der Waals surface area contributed by atoms with Gasteiger partial charge in [0, 0.05) is 32.3 Å². The topological polar surface area (TPSA) is 88.1 Å². The van der Waals surface area contributed by atoms with Crippen LogP contribution in [0.5, 0.6) is 0 Å². The molecule has 2 aliphatic heterocycles. The van der Waals surface area contributed by atoms with Crippen LogP contribution in [0.1, 0.15) is 31.2 Å². The SMILES string of the molecule is O=C(NC1CC1)[C@@]12CCO[C@@H]1CCN(CCOCc1ccccc1)C2.O=C(O)C(F)(F)F. The van der Waals surface area contributed by atoms with Gasteiger partial charge in [-0.15, -0.1) is 0 Å². The van der Waals surface area contributed by atoms with Crippen molar-refractivity contribution in [1.82, 2.24) is 10.2 Å². The van der Waals surface area contributed by atoms with Crippen molar-refractivity contribution >= 4 is 11.9 Å². The van der Waals surface area contributed by atoms with Crippen LogP contribution in [0.2, 0.25) is 0 Å². The third kappa shape index (κ3) is 6.66. The number of hydrogen-bond donors (Lipinski definition) is 2. The number of carboxylic acids is 1. The quantitative estimate of drug-likeness (QED) is 0.611. The van der Waals surface area contributed by atoms with E-state index in [9.17, 15) is 18.0 Å². The largest absolute Gasteiger partial charge is 0.490 e. The first-order valence-electron chi connectivity index (χ1n) is 10.8. The first-order chi connectivity index (χ1) is 15.2. The minimum absolute atomic E-state index is 0.0905. The number of likely N-dealkylation sites (tertiary alicyclic amines) is 1. The van der Waals surface area contributed by atoms with E-state index in [1.54, 1.807) is 0 Å². The Balaban J connectivity index is 0.000000360. The zero-order chi connectivity index (χ0) is 23.2. The highest BCUT2D eigenvalue weighted by atomic mass is 19.4. The number of halogens is 3. The van der Waals surface area contributed by atoms with E-state index in [0.717, 1.165) is 45.3 Å². The summed E-state index contributed by atoms with van der Waals surface area (Å²) in [6.07, 6.45) is -0.948. The summed E-state index contributed by atoms with van der Waals surface area (Å²) in [6.45, 7) is 4.70. The Hall–Kier alpha value is -2.17. The summed E-state index contributed by atoms with van der Waals surface area (Å²) in [6, 6.07) is 10.7. The number of hydrogen-bond acceptors (Lipinski definition) is 5. The van der Waals surface area contributed by atoms with Gasteiger partial charge in [0.25, 0.3) is 0 Å². The number of aliphatic carboxylic acids is 1. The number of nitrogens with one attached hydrogen (secondary N) is 1. The number of benzene rings is 1. The van der Waals surface area contributed by atoms with Gasteiger partial charge in [0.2, 0.25) is 5.91 Å². The van der Waals surface area contributed by atoms with Gasteiger partial charge < -0.3 is 19.9 Å². The number of piperidine rings is 1. The Morgan fingerprint density at radius 1 is 1.22 bits per heavy atom. The summed E-state index contributed by atoms with van der Waals surface area (Å²) in [5, 5.41) is 10.3. The number of nitrogens with zero attached hydrogens (tertiary/aromatic N) is 1. The Kier molecular flexibility index (Phi) is 8.13. The Morgan fingerprint density at radius 3 is 2.53 bits per heavy atom. The second-order valence-electron chi connectivity index (χ2n) is 8.42. The molecule has 0 spiro atoms. The van der Waals surface area contributed by atoms with E-state index in [4.69, 9.17) is 19.4 Å². The zero-order valence-corrected chi connectivity index (χ0v) is 17.8. The van der Waals surface area contributed by atoms with Gasteiger partial charge in [-0.25, -0.2) is 4.79 Å². The van der Waals surface area contributed by atoms with Crippen molar-refractivity contribution in [1.29, 1.82) is 0 Å². The van der Waals surface area contributed by atoms with Crippen LogP contribution >= 0.6 is 0 Å². The van der Waals surface area contributed by atoms with E-state index >= 15 is 0 Å². The number of amides is 1. The average Bonchev–Trinajstić information content (AvgIpc) is 3.46. The maximum Gasteiger partial charge on any atom is 0.490 e. The summed E-state index contributed by atoms with van der Waals surface area (Å²) < 4.78 is 43.5. The molecule has 1 amide bonds.